The molecule has 1 fully saturated rings. The zero-order chi connectivity index (χ0) is 11.1. The summed E-state index contributed by atoms with van der Waals surface area (Å²) in [4.78, 5) is 23.5. The summed E-state index contributed by atoms with van der Waals surface area (Å²) in [7, 11) is 1.22. The van der Waals surface area contributed by atoms with E-state index in [0.717, 1.165) is 4.88 Å². The van der Waals surface area contributed by atoms with Gasteiger partial charge in [0.1, 0.15) is 0 Å². The second-order valence-electron chi connectivity index (χ2n) is 3.54. The molecule has 0 bridgehead atoms. The van der Waals surface area contributed by atoms with E-state index in [-0.39, 0.29) is 5.92 Å². The van der Waals surface area contributed by atoms with Gasteiger partial charge in [0, 0.05) is 10.8 Å². The van der Waals surface area contributed by atoms with Gasteiger partial charge < -0.3 is 9.84 Å². The maximum Gasteiger partial charge on any atom is 0.323 e. The zero-order valence-corrected chi connectivity index (χ0v) is 8.91. The molecule has 0 amide bonds. The Morgan fingerprint density at radius 3 is 2.87 bits per heavy atom. The molecule has 0 spiro atoms. The number of thiophene rings is 1. The van der Waals surface area contributed by atoms with Gasteiger partial charge in [-0.05, 0) is 17.9 Å². The third-order valence-corrected chi connectivity index (χ3v) is 3.76. The van der Waals surface area contributed by atoms with Gasteiger partial charge in [-0.25, -0.2) is 0 Å². The summed E-state index contributed by atoms with van der Waals surface area (Å²) in [6, 6.07) is 3.70. The highest BCUT2D eigenvalue weighted by Gasteiger charge is 2.68. The number of carboxylic acids is 1. The van der Waals surface area contributed by atoms with Crippen molar-refractivity contribution in [1.82, 2.24) is 0 Å². The Kier molecular flexibility index (Phi) is 2.26. The topological polar surface area (TPSA) is 63.6 Å². The van der Waals surface area contributed by atoms with Crippen molar-refractivity contribution in [3.63, 3.8) is 0 Å². The van der Waals surface area contributed by atoms with Crippen LogP contribution in [-0.4, -0.2) is 24.2 Å². The minimum atomic E-state index is -1.33. The van der Waals surface area contributed by atoms with Crippen molar-refractivity contribution in [3.8, 4) is 0 Å². The lowest BCUT2D eigenvalue weighted by Crippen LogP contribution is -2.28. The molecule has 1 aliphatic carbocycles. The van der Waals surface area contributed by atoms with E-state index < -0.39 is 17.4 Å². The fraction of sp³-hybridized carbons (Fsp3) is 0.400. The van der Waals surface area contributed by atoms with Crippen molar-refractivity contribution in [2.75, 3.05) is 7.11 Å². The Balaban J connectivity index is 2.28. The first kappa shape index (κ1) is 10.2. The largest absolute Gasteiger partial charge is 0.480 e. The Morgan fingerprint density at radius 1 is 1.67 bits per heavy atom. The van der Waals surface area contributed by atoms with Crippen LogP contribution in [0.1, 0.15) is 17.2 Å². The average molecular weight is 226 g/mol. The van der Waals surface area contributed by atoms with Gasteiger partial charge in [-0.2, -0.15) is 0 Å². The zero-order valence-electron chi connectivity index (χ0n) is 8.10. The van der Waals surface area contributed by atoms with Gasteiger partial charge >= 0.3 is 11.9 Å². The molecule has 2 rings (SSSR count). The van der Waals surface area contributed by atoms with Gasteiger partial charge in [0.25, 0.3) is 0 Å². The van der Waals surface area contributed by atoms with Gasteiger partial charge in [0.2, 0.25) is 0 Å². The molecular formula is C10H10O4S. The maximum atomic E-state index is 11.4. The molecule has 80 valence electrons. The summed E-state index contributed by atoms with van der Waals surface area (Å²) < 4.78 is 4.55. The number of ether oxygens (including phenoxy) is 1. The summed E-state index contributed by atoms with van der Waals surface area (Å²) in [6.45, 7) is 0. The molecule has 1 N–H and O–H groups in total. The van der Waals surface area contributed by atoms with Crippen molar-refractivity contribution < 1.29 is 19.4 Å². The molecular weight excluding hydrogens is 216 g/mol. The molecule has 2 unspecified atom stereocenters. The van der Waals surface area contributed by atoms with Crippen molar-refractivity contribution in [2.45, 2.75) is 12.3 Å². The Labute approximate surface area is 90.5 Å². The van der Waals surface area contributed by atoms with E-state index in [1.165, 1.54) is 18.4 Å². The molecule has 0 radical (unpaired) electrons. The third-order valence-electron chi connectivity index (χ3n) is 2.78. The van der Waals surface area contributed by atoms with E-state index in [1.807, 2.05) is 17.5 Å². The van der Waals surface area contributed by atoms with Crippen LogP contribution in [0.2, 0.25) is 0 Å². The minimum absolute atomic E-state index is 0.220. The van der Waals surface area contributed by atoms with Crippen LogP contribution in [0.4, 0.5) is 0 Å². The standard InChI is InChI=1S/C10H10O4S/c1-14-9(13)10(8(11)12)5-6(10)7-3-2-4-15-7/h2-4,6H,5H2,1H3,(H,11,12). The van der Waals surface area contributed by atoms with E-state index in [2.05, 4.69) is 4.74 Å². The Bertz CT molecular complexity index is 398. The molecule has 4 nitrogen and oxygen atoms in total. The highest BCUT2D eigenvalue weighted by Crippen LogP contribution is 2.61. The van der Waals surface area contributed by atoms with Crippen LogP contribution < -0.4 is 0 Å². The van der Waals surface area contributed by atoms with Crippen LogP contribution in [0.15, 0.2) is 17.5 Å². The molecule has 5 heteroatoms. The number of hydrogen-bond acceptors (Lipinski definition) is 4. The number of esters is 1. The first-order valence-electron chi connectivity index (χ1n) is 4.48. The van der Waals surface area contributed by atoms with Crippen molar-refractivity contribution in [2.24, 2.45) is 5.41 Å². The lowest BCUT2D eigenvalue weighted by molar-refractivity contribution is -0.159. The Hall–Kier alpha value is -1.36. The fourth-order valence-electron chi connectivity index (χ4n) is 1.83. The summed E-state index contributed by atoms with van der Waals surface area (Å²) in [5.74, 6) is -1.95. The summed E-state index contributed by atoms with van der Waals surface area (Å²) in [6.07, 6.45) is 0.343. The van der Waals surface area contributed by atoms with Gasteiger partial charge in [0.05, 0.1) is 7.11 Å². The van der Waals surface area contributed by atoms with Crippen LogP contribution >= 0.6 is 11.3 Å². The molecule has 1 aromatic heterocycles. The molecule has 1 aliphatic rings. The second kappa shape index (κ2) is 3.34. The lowest BCUT2D eigenvalue weighted by Gasteiger charge is -2.08. The third kappa shape index (κ3) is 1.34. The Morgan fingerprint density at radius 2 is 2.40 bits per heavy atom. The van der Waals surface area contributed by atoms with Crippen molar-refractivity contribution in [1.29, 1.82) is 0 Å². The number of aliphatic carboxylic acids is 1. The summed E-state index contributed by atoms with van der Waals surface area (Å²) in [5.41, 5.74) is -1.33. The minimum Gasteiger partial charge on any atom is -0.480 e. The number of carbonyl (C=O) groups is 2. The van der Waals surface area contributed by atoms with Crippen LogP contribution in [-0.2, 0) is 14.3 Å². The van der Waals surface area contributed by atoms with E-state index in [4.69, 9.17) is 5.11 Å². The molecule has 0 aliphatic heterocycles. The number of carboxylic acid groups (broad SMARTS) is 1. The quantitative estimate of drug-likeness (QED) is 0.626. The van der Waals surface area contributed by atoms with Gasteiger partial charge in [-0.15, -0.1) is 11.3 Å². The van der Waals surface area contributed by atoms with Gasteiger partial charge in [-0.1, -0.05) is 6.07 Å². The number of hydrogen-bond donors (Lipinski definition) is 1. The van der Waals surface area contributed by atoms with Gasteiger partial charge in [0.15, 0.2) is 5.41 Å². The highest BCUT2D eigenvalue weighted by molar-refractivity contribution is 7.10. The number of carbonyl (C=O) groups excluding carboxylic acids is 1. The predicted molar refractivity (Wildman–Crippen MR) is 53.8 cm³/mol. The normalized spacial score (nSPS) is 28.5. The van der Waals surface area contributed by atoms with Crippen LogP contribution in [0.3, 0.4) is 0 Å². The smallest absolute Gasteiger partial charge is 0.323 e. The fourth-order valence-corrected chi connectivity index (χ4v) is 2.75. The van der Waals surface area contributed by atoms with Crippen molar-refractivity contribution in [3.05, 3.63) is 22.4 Å². The predicted octanol–water partition coefficient (Wildman–Crippen LogP) is 1.48. The second-order valence-corrected chi connectivity index (χ2v) is 4.52. The van der Waals surface area contributed by atoms with Crippen molar-refractivity contribution >= 4 is 23.3 Å². The van der Waals surface area contributed by atoms with E-state index in [1.54, 1.807) is 0 Å². The molecule has 15 heavy (non-hydrogen) atoms. The van der Waals surface area contributed by atoms with Crippen LogP contribution in [0.5, 0.6) is 0 Å². The molecule has 1 heterocycles. The maximum absolute atomic E-state index is 11.4. The van der Waals surface area contributed by atoms with E-state index >= 15 is 0 Å². The average Bonchev–Trinajstić information content (AvgIpc) is 2.76. The molecule has 0 saturated heterocycles. The molecule has 1 aromatic rings. The molecule has 2 atom stereocenters. The van der Waals surface area contributed by atoms with E-state index in [9.17, 15) is 9.59 Å². The van der Waals surface area contributed by atoms with Crippen LogP contribution in [0.25, 0.3) is 0 Å². The van der Waals surface area contributed by atoms with Crippen LogP contribution in [0, 0.1) is 5.41 Å². The SMILES string of the molecule is COC(=O)C1(C(=O)O)CC1c1cccs1. The van der Waals surface area contributed by atoms with Gasteiger partial charge in [-0.3, -0.25) is 9.59 Å². The number of methoxy groups -OCH3 is 1. The first-order chi connectivity index (χ1) is 7.13. The number of rotatable bonds is 3. The van der Waals surface area contributed by atoms with E-state index in [0.29, 0.717) is 6.42 Å². The molecule has 0 aromatic carbocycles. The molecule has 1 saturated carbocycles. The summed E-state index contributed by atoms with van der Waals surface area (Å²) in [5, 5.41) is 11.0. The highest BCUT2D eigenvalue weighted by atomic mass is 32.1. The monoisotopic (exact) mass is 226 g/mol. The first-order valence-corrected chi connectivity index (χ1v) is 5.36. The summed E-state index contributed by atoms with van der Waals surface area (Å²) >= 11 is 1.47. The lowest BCUT2D eigenvalue weighted by atomic mass is 10.0.